The number of hydrogen-bond donors (Lipinski definition) is 2. The van der Waals surface area contributed by atoms with Gasteiger partial charge in [0.2, 0.25) is 5.95 Å². The molecule has 0 atom stereocenters. The van der Waals surface area contributed by atoms with Crippen LogP contribution in [0.1, 0.15) is 18.1 Å². The van der Waals surface area contributed by atoms with Crippen LogP contribution in [0.3, 0.4) is 0 Å². The average Bonchev–Trinajstić information content (AvgIpc) is 3.20. The van der Waals surface area contributed by atoms with Crippen LogP contribution in [0.15, 0.2) is 87.5 Å². The number of benzene rings is 3. The molecule has 2 heterocycles. The molecule has 8 nitrogen and oxygen atoms in total. The van der Waals surface area contributed by atoms with Gasteiger partial charge in [0.05, 0.1) is 12.3 Å². The quantitative estimate of drug-likeness (QED) is 0.324. The van der Waals surface area contributed by atoms with E-state index in [1.165, 1.54) is 4.57 Å². The lowest BCUT2D eigenvalue weighted by Crippen LogP contribution is -2.29. The van der Waals surface area contributed by atoms with Crippen molar-refractivity contribution in [2.45, 2.75) is 13.5 Å². The van der Waals surface area contributed by atoms with Gasteiger partial charge in [0.1, 0.15) is 0 Å². The maximum atomic E-state index is 12.8. The van der Waals surface area contributed by atoms with E-state index in [0.29, 0.717) is 23.7 Å². The standard InChI is InChI=1S/C25H22N6O2/c1-16(17-9-4-3-5-10-17)28-29-24-26-22-21(23(32)27-25(33)30(22)2)31(24)15-19-13-8-12-18-11-6-7-14-20(18)19/h3-14H,15H2,1-2H3,(H,26,29)(H,27,32,33)/b28-16-. The van der Waals surface area contributed by atoms with Gasteiger partial charge < -0.3 is 0 Å². The van der Waals surface area contributed by atoms with E-state index in [0.717, 1.165) is 27.6 Å². The molecule has 0 radical (unpaired) electrons. The van der Waals surface area contributed by atoms with Gasteiger partial charge >= 0.3 is 5.69 Å². The van der Waals surface area contributed by atoms with E-state index < -0.39 is 11.2 Å². The number of nitrogens with one attached hydrogen (secondary N) is 2. The van der Waals surface area contributed by atoms with Crippen LogP contribution in [0.4, 0.5) is 5.95 Å². The van der Waals surface area contributed by atoms with Crippen LogP contribution in [-0.4, -0.2) is 24.8 Å². The normalized spacial score (nSPS) is 11.9. The van der Waals surface area contributed by atoms with Crippen LogP contribution >= 0.6 is 0 Å². The molecule has 5 rings (SSSR count). The monoisotopic (exact) mass is 438 g/mol. The van der Waals surface area contributed by atoms with Crippen molar-refractivity contribution in [2.75, 3.05) is 5.43 Å². The van der Waals surface area contributed by atoms with Crippen LogP contribution < -0.4 is 16.7 Å². The SMILES string of the molecule is C/C(=N/Nc1nc2c(c(=O)[nH]c(=O)n2C)n1Cc1cccc2ccccc12)c1ccccc1. The minimum atomic E-state index is -0.516. The zero-order valence-electron chi connectivity index (χ0n) is 18.2. The van der Waals surface area contributed by atoms with Crippen LogP contribution in [0.2, 0.25) is 0 Å². The highest BCUT2D eigenvalue weighted by Crippen LogP contribution is 2.23. The lowest BCUT2D eigenvalue weighted by atomic mass is 10.0. The molecule has 0 aliphatic carbocycles. The van der Waals surface area contributed by atoms with Crippen molar-refractivity contribution in [1.82, 2.24) is 19.1 Å². The van der Waals surface area contributed by atoms with Crippen LogP contribution in [-0.2, 0) is 13.6 Å². The minimum Gasteiger partial charge on any atom is -0.298 e. The number of hydrazone groups is 1. The van der Waals surface area contributed by atoms with Gasteiger partial charge in [-0.05, 0) is 28.8 Å². The molecule has 0 unspecified atom stereocenters. The molecule has 0 aliphatic heterocycles. The summed E-state index contributed by atoms with van der Waals surface area (Å²) in [7, 11) is 1.58. The van der Waals surface area contributed by atoms with Crippen molar-refractivity contribution in [3.05, 3.63) is 105 Å². The first-order valence-corrected chi connectivity index (χ1v) is 10.5. The van der Waals surface area contributed by atoms with Gasteiger partial charge in [-0.25, -0.2) is 10.2 Å². The number of aromatic amines is 1. The zero-order valence-corrected chi connectivity index (χ0v) is 18.2. The number of nitrogens with zero attached hydrogens (tertiary/aromatic N) is 4. The Labute approximate surface area is 188 Å². The summed E-state index contributed by atoms with van der Waals surface area (Å²) in [5.74, 6) is 0.375. The highest BCUT2D eigenvalue weighted by Gasteiger charge is 2.18. The molecular weight excluding hydrogens is 416 g/mol. The number of imidazole rings is 1. The Bertz CT molecular complexity index is 1620. The van der Waals surface area contributed by atoms with Gasteiger partial charge in [-0.2, -0.15) is 10.1 Å². The highest BCUT2D eigenvalue weighted by atomic mass is 16.2. The molecule has 0 spiro atoms. The average molecular weight is 438 g/mol. The molecule has 0 bridgehead atoms. The first-order valence-electron chi connectivity index (χ1n) is 10.5. The summed E-state index contributed by atoms with van der Waals surface area (Å²) in [4.78, 5) is 31.9. The molecule has 0 amide bonds. The molecule has 5 aromatic rings. The van der Waals surface area contributed by atoms with Crippen molar-refractivity contribution >= 4 is 33.6 Å². The number of hydrogen-bond acceptors (Lipinski definition) is 5. The lowest BCUT2D eigenvalue weighted by Gasteiger charge is -2.11. The first kappa shape index (κ1) is 20.4. The largest absolute Gasteiger partial charge is 0.329 e. The third kappa shape index (κ3) is 3.71. The number of aryl methyl sites for hydroxylation is 1. The van der Waals surface area contributed by atoms with Crippen molar-refractivity contribution in [3.63, 3.8) is 0 Å². The zero-order chi connectivity index (χ0) is 22.9. The van der Waals surface area contributed by atoms with E-state index in [2.05, 4.69) is 26.6 Å². The third-order valence-electron chi connectivity index (χ3n) is 5.73. The second kappa shape index (κ2) is 8.23. The fourth-order valence-electron chi connectivity index (χ4n) is 3.95. The Hall–Kier alpha value is -4.46. The molecule has 2 N–H and O–H groups in total. The van der Waals surface area contributed by atoms with E-state index in [9.17, 15) is 9.59 Å². The second-order valence-corrected chi connectivity index (χ2v) is 7.83. The summed E-state index contributed by atoms with van der Waals surface area (Å²) in [6.07, 6.45) is 0. The summed E-state index contributed by atoms with van der Waals surface area (Å²) in [5, 5.41) is 6.68. The molecular formula is C25H22N6O2. The van der Waals surface area contributed by atoms with E-state index in [4.69, 9.17) is 0 Å². The smallest absolute Gasteiger partial charge is 0.298 e. The van der Waals surface area contributed by atoms with E-state index in [1.54, 1.807) is 11.6 Å². The fraction of sp³-hybridized carbons (Fsp3) is 0.120. The van der Waals surface area contributed by atoms with Gasteiger partial charge in [-0.3, -0.25) is 18.9 Å². The van der Waals surface area contributed by atoms with Crippen molar-refractivity contribution in [3.8, 4) is 0 Å². The van der Waals surface area contributed by atoms with Crippen LogP contribution in [0.25, 0.3) is 21.9 Å². The Kier molecular flexibility index (Phi) is 5.10. The van der Waals surface area contributed by atoms with Gasteiger partial charge in [0.15, 0.2) is 11.2 Å². The number of H-pyrrole nitrogens is 1. The summed E-state index contributed by atoms with van der Waals surface area (Å²) < 4.78 is 3.09. The molecule has 0 saturated carbocycles. The molecule has 0 aliphatic rings. The Balaban J connectivity index is 1.67. The van der Waals surface area contributed by atoms with Gasteiger partial charge in [0, 0.05) is 7.05 Å². The Morgan fingerprint density at radius 3 is 2.55 bits per heavy atom. The van der Waals surface area contributed by atoms with Crippen molar-refractivity contribution in [2.24, 2.45) is 12.1 Å². The minimum absolute atomic E-state index is 0.291. The number of anilines is 1. The first-order chi connectivity index (χ1) is 16.0. The predicted octanol–water partition coefficient (Wildman–Crippen LogP) is 3.46. The maximum Gasteiger partial charge on any atom is 0.329 e. The van der Waals surface area contributed by atoms with Crippen molar-refractivity contribution in [1.29, 1.82) is 0 Å². The number of aromatic nitrogens is 4. The topological polar surface area (TPSA) is 97.1 Å². The van der Waals surface area contributed by atoms with Gasteiger partial charge in [-0.15, -0.1) is 0 Å². The summed E-state index contributed by atoms with van der Waals surface area (Å²) in [6, 6.07) is 23.9. The van der Waals surface area contributed by atoms with Gasteiger partial charge in [-0.1, -0.05) is 72.8 Å². The molecule has 3 aromatic carbocycles. The third-order valence-corrected chi connectivity index (χ3v) is 5.73. The van der Waals surface area contributed by atoms with Crippen molar-refractivity contribution < 1.29 is 0 Å². The summed E-state index contributed by atoms with van der Waals surface area (Å²) in [5.41, 5.74) is 5.36. The van der Waals surface area contributed by atoms with Crippen LogP contribution in [0.5, 0.6) is 0 Å². The van der Waals surface area contributed by atoms with E-state index in [1.807, 2.05) is 73.7 Å². The van der Waals surface area contributed by atoms with E-state index in [-0.39, 0.29) is 0 Å². The molecule has 0 saturated heterocycles. The molecule has 33 heavy (non-hydrogen) atoms. The summed E-state index contributed by atoms with van der Waals surface area (Å²) in [6.45, 7) is 2.27. The Morgan fingerprint density at radius 2 is 1.73 bits per heavy atom. The van der Waals surface area contributed by atoms with E-state index >= 15 is 0 Å². The molecule has 164 valence electrons. The summed E-state index contributed by atoms with van der Waals surface area (Å²) >= 11 is 0. The van der Waals surface area contributed by atoms with Gasteiger partial charge in [0.25, 0.3) is 5.56 Å². The molecule has 0 fully saturated rings. The number of fused-ring (bicyclic) bond motifs is 2. The lowest BCUT2D eigenvalue weighted by molar-refractivity contribution is 0.811. The van der Waals surface area contributed by atoms with Crippen LogP contribution in [0, 0.1) is 0 Å². The number of rotatable bonds is 5. The molecule has 8 heteroatoms. The Morgan fingerprint density at radius 1 is 1.00 bits per heavy atom. The highest BCUT2D eigenvalue weighted by molar-refractivity contribution is 5.99. The fourth-order valence-corrected chi connectivity index (χ4v) is 3.95. The molecule has 2 aromatic heterocycles. The second-order valence-electron chi connectivity index (χ2n) is 7.83. The maximum absolute atomic E-state index is 12.8. The predicted molar refractivity (Wildman–Crippen MR) is 131 cm³/mol.